The third-order valence-electron chi connectivity index (χ3n) is 3.48. The summed E-state index contributed by atoms with van der Waals surface area (Å²) in [5.41, 5.74) is 7.18. The molecule has 1 aromatic carbocycles. The molecule has 5 N–H and O–H groups in total. The lowest BCUT2D eigenvalue weighted by molar-refractivity contribution is 0.0976. The number of carbonyl (C=O) groups is 2. The molecule has 0 radical (unpaired) electrons. The number of rotatable bonds is 5. The van der Waals surface area contributed by atoms with Crippen molar-refractivity contribution in [1.29, 1.82) is 5.41 Å². The maximum atomic E-state index is 12.4. The standard InChI is InChI=1S/C17H22N6O2/c1-22(2)8-5-12-9-13(15(24)20-16(18)21-17(19)25)11-14(10-12)23-6-3-4-7-23/h3-4,6-7,9-11H,5,8H2,1-2H3,(H5,18,19,20,21,24,25). The second-order valence-corrected chi connectivity index (χ2v) is 5.85. The van der Waals surface area contributed by atoms with Gasteiger partial charge in [0.05, 0.1) is 0 Å². The summed E-state index contributed by atoms with van der Waals surface area (Å²) >= 11 is 0. The van der Waals surface area contributed by atoms with Crippen LogP contribution in [0.1, 0.15) is 15.9 Å². The number of likely N-dealkylation sites (N-methyl/N-ethyl adjacent to an activating group) is 1. The molecule has 0 atom stereocenters. The lowest BCUT2D eigenvalue weighted by Crippen LogP contribution is -2.45. The van der Waals surface area contributed by atoms with Gasteiger partial charge >= 0.3 is 6.03 Å². The Hall–Kier alpha value is -3.13. The first-order valence-corrected chi connectivity index (χ1v) is 7.73. The molecule has 1 aromatic heterocycles. The van der Waals surface area contributed by atoms with Crippen molar-refractivity contribution in [3.05, 3.63) is 53.9 Å². The average molecular weight is 342 g/mol. The molecule has 2 aromatic rings. The SMILES string of the molecule is CN(C)CCc1cc(C(=O)NC(=N)NC(N)=O)cc(-n2cccc2)c1. The third kappa shape index (κ3) is 5.47. The summed E-state index contributed by atoms with van der Waals surface area (Å²) in [5, 5.41) is 11.9. The largest absolute Gasteiger partial charge is 0.351 e. The zero-order valence-electron chi connectivity index (χ0n) is 14.2. The quantitative estimate of drug-likeness (QED) is 0.478. The number of hydrogen-bond acceptors (Lipinski definition) is 4. The van der Waals surface area contributed by atoms with Crippen LogP contribution in [-0.4, -0.2) is 48.0 Å². The van der Waals surface area contributed by atoms with Gasteiger partial charge in [-0.15, -0.1) is 0 Å². The molecule has 0 aliphatic heterocycles. The predicted octanol–water partition coefficient (Wildman–Crippen LogP) is 0.914. The van der Waals surface area contributed by atoms with Gasteiger partial charge in [0.1, 0.15) is 0 Å². The highest BCUT2D eigenvalue weighted by molar-refractivity contribution is 6.08. The van der Waals surface area contributed by atoms with Crippen molar-refractivity contribution in [2.75, 3.05) is 20.6 Å². The Morgan fingerprint density at radius 1 is 1.16 bits per heavy atom. The molecule has 0 aliphatic carbocycles. The van der Waals surface area contributed by atoms with Gasteiger partial charge in [0.25, 0.3) is 5.91 Å². The normalized spacial score (nSPS) is 10.5. The summed E-state index contributed by atoms with van der Waals surface area (Å²) in [6, 6.07) is 8.43. The smallest absolute Gasteiger partial charge is 0.318 e. The lowest BCUT2D eigenvalue weighted by atomic mass is 10.1. The first-order chi connectivity index (χ1) is 11.8. The lowest BCUT2D eigenvalue weighted by Gasteiger charge is -2.13. The second kappa shape index (κ2) is 8.11. The number of urea groups is 1. The van der Waals surface area contributed by atoms with Crippen LogP contribution in [0.5, 0.6) is 0 Å². The Balaban J connectivity index is 2.27. The van der Waals surface area contributed by atoms with Gasteiger partial charge in [0.15, 0.2) is 0 Å². The number of hydrogen-bond donors (Lipinski definition) is 4. The summed E-state index contributed by atoms with van der Waals surface area (Å²) < 4.78 is 1.91. The maximum absolute atomic E-state index is 12.4. The number of benzene rings is 1. The molecule has 2 rings (SSSR count). The topological polar surface area (TPSA) is 116 Å². The van der Waals surface area contributed by atoms with Crippen molar-refractivity contribution in [3.63, 3.8) is 0 Å². The van der Waals surface area contributed by atoms with Crippen LogP contribution in [0, 0.1) is 5.41 Å². The molecule has 25 heavy (non-hydrogen) atoms. The summed E-state index contributed by atoms with van der Waals surface area (Å²) in [6.45, 7) is 0.843. The summed E-state index contributed by atoms with van der Waals surface area (Å²) in [4.78, 5) is 25.2. The minimum atomic E-state index is -0.905. The van der Waals surface area contributed by atoms with Crippen LogP contribution in [0.15, 0.2) is 42.7 Å². The molecule has 0 bridgehead atoms. The number of nitrogens with one attached hydrogen (secondary N) is 3. The van der Waals surface area contributed by atoms with Gasteiger partial charge in [-0.1, -0.05) is 0 Å². The zero-order chi connectivity index (χ0) is 18.4. The number of primary amides is 1. The van der Waals surface area contributed by atoms with E-state index in [0.29, 0.717) is 5.56 Å². The number of aromatic nitrogens is 1. The van der Waals surface area contributed by atoms with Gasteiger partial charge in [0.2, 0.25) is 5.96 Å². The highest BCUT2D eigenvalue weighted by atomic mass is 16.2. The van der Waals surface area contributed by atoms with Crippen LogP contribution < -0.4 is 16.4 Å². The molecule has 132 valence electrons. The number of nitrogens with zero attached hydrogens (tertiary/aromatic N) is 2. The minimum absolute atomic E-state index is 0.399. The van der Waals surface area contributed by atoms with Crippen LogP contribution in [0.3, 0.4) is 0 Å². The van der Waals surface area contributed by atoms with E-state index in [4.69, 9.17) is 11.1 Å². The zero-order valence-corrected chi connectivity index (χ0v) is 14.2. The van der Waals surface area contributed by atoms with Crippen LogP contribution in [0.4, 0.5) is 4.79 Å². The van der Waals surface area contributed by atoms with Crippen molar-refractivity contribution < 1.29 is 9.59 Å². The molecule has 0 fully saturated rings. The molecule has 0 saturated heterocycles. The Labute approximate surface area is 146 Å². The molecule has 0 unspecified atom stereocenters. The van der Waals surface area contributed by atoms with E-state index in [2.05, 4.69) is 10.2 Å². The van der Waals surface area contributed by atoms with E-state index in [1.807, 2.05) is 54.6 Å². The average Bonchev–Trinajstić information content (AvgIpc) is 3.06. The summed E-state index contributed by atoms with van der Waals surface area (Å²) in [5.74, 6) is -0.947. The summed E-state index contributed by atoms with van der Waals surface area (Å²) in [6.07, 6.45) is 4.56. The predicted molar refractivity (Wildman–Crippen MR) is 95.9 cm³/mol. The van der Waals surface area contributed by atoms with Gasteiger partial charge in [-0.3, -0.25) is 20.8 Å². The van der Waals surface area contributed by atoms with E-state index >= 15 is 0 Å². The van der Waals surface area contributed by atoms with Crippen molar-refractivity contribution in [2.45, 2.75) is 6.42 Å². The van der Waals surface area contributed by atoms with Gasteiger partial charge in [-0.05, 0) is 56.4 Å². The first kappa shape index (κ1) is 18.2. The van der Waals surface area contributed by atoms with Crippen LogP contribution in [-0.2, 0) is 6.42 Å². The van der Waals surface area contributed by atoms with Crippen molar-refractivity contribution in [1.82, 2.24) is 20.1 Å². The molecule has 1 heterocycles. The van der Waals surface area contributed by atoms with Gasteiger partial charge in [-0.25, -0.2) is 4.79 Å². The van der Waals surface area contributed by atoms with Gasteiger partial charge in [-0.2, -0.15) is 0 Å². The minimum Gasteiger partial charge on any atom is -0.351 e. The van der Waals surface area contributed by atoms with Crippen LogP contribution in [0.25, 0.3) is 5.69 Å². The van der Waals surface area contributed by atoms with Gasteiger partial charge in [0, 0.05) is 30.2 Å². The van der Waals surface area contributed by atoms with Crippen molar-refractivity contribution in [2.24, 2.45) is 5.73 Å². The Bertz CT molecular complexity index is 767. The highest BCUT2D eigenvalue weighted by Crippen LogP contribution is 2.16. The second-order valence-electron chi connectivity index (χ2n) is 5.85. The van der Waals surface area contributed by atoms with E-state index < -0.39 is 17.9 Å². The Kier molecular flexibility index (Phi) is 5.91. The monoisotopic (exact) mass is 342 g/mol. The number of nitrogens with two attached hydrogens (primary N) is 1. The molecule has 0 aliphatic rings. The molecular formula is C17H22N6O2. The maximum Gasteiger partial charge on any atom is 0.318 e. The fourth-order valence-corrected chi connectivity index (χ4v) is 2.30. The fourth-order valence-electron chi connectivity index (χ4n) is 2.30. The number of guanidine groups is 1. The number of amides is 3. The Morgan fingerprint density at radius 2 is 1.84 bits per heavy atom. The van der Waals surface area contributed by atoms with E-state index in [-0.39, 0.29) is 0 Å². The van der Waals surface area contributed by atoms with Crippen molar-refractivity contribution >= 4 is 17.9 Å². The molecule has 8 nitrogen and oxygen atoms in total. The highest BCUT2D eigenvalue weighted by Gasteiger charge is 2.12. The molecular weight excluding hydrogens is 320 g/mol. The van der Waals surface area contributed by atoms with E-state index in [1.54, 1.807) is 12.1 Å². The van der Waals surface area contributed by atoms with E-state index in [0.717, 1.165) is 24.2 Å². The molecule has 8 heteroatoms. The van der Waals surface area contributed by atoms with E-state index in [1.165, 1.54) is 0 Å². The van der Waals surface area contributed by atoms with Crippen molar-refractivity contribution in [3.8, 4) is 5.69 Å². The summed E-state index contributed by atoms with van der Waals surface area (Å²) in [7, 11) is 3.97. The molecule has 0 spiro atoms. The van der Waals surface area contributed by atoms with Crippen LogP contribution >= 0.6 is 0 Å². The Morgan fingerprint density at radius 3 is 2.44 bits per heavy atom. The third-order valence-corrected chi connectivity index (χ3v) is 3.48. The van der Waals surface area contributed by atoms with Crippen LogP contribution in [0.2, 0.25) is 0 Å². The first-order valence-electron chi connectivity index (χ1n) is 7.73. The number of carbonyl (C=O) groups excluding carboxylic acids is 2. The molecule has 0 saturated carbocycles. The van der Waals surface area contributed by atoms with Gasteiger partial charge < -0.3 is 15.2 Å². The molecule has 3 amide bonds. The van der Waals surface area contributed by atoms with E-state index in [9.17, 15) is 9.59 Å². The fraction of sp³-hybridized carbons (Fsp3) is 0.235.